The van der Waals surface area contributed by atoms with Gasteiger partial charge in [0.25, 0.3) is 5.91 Å². The topological polar surface area (TPSA) is 88.6 Å². The van der Waals surface area contributed by atoms with E-state index in [1.165, 1.54) is 10.4 Å². The van der Waals surface area contributed by atoms with Crippen LogP contribution < -0.4 is 5.32 Å². The molecule has 0 unspecified atom stereocenters. The zero-order valence-electron chi connectivity index (χ0n) is 16.9. The summed E-state index contributed by atoms with van der Waals surface area (Å²) in [6, 6.07) is 12.2. The van der Waals surface area contributed by atoms with E-state index in [2.05, 4.69) is 10.3 Å². The monoisotopic (exact) mass is 425 g/mol. The number of amides is 1. The highest BCUT2D eigenvalue weighted by Crippen LogP contribution is 2.26. The van der Waals surface area contributed by atoms with E-state index in [9.17, 15) is 13.2 Å². The van der Waals surface area contributed by atoms with Crippen LogP contribution in [0.1, 0.15) is 21.5 Å². The molecule has 1 aliphatic heterocycles. The minimum atomic E-state index is -3.70. The summed E-state index contributed by atoms with van der Waals surface area (Å²) in [6.45, 7) is 5.04. The van der Waals surface area contributed by atoms with E-state index in [0.29, 0.717) is 37.6 Å². The Morgan fingerprint density at radius 1 is 1.07 bits per heavy atom. The quantitative estimate of drug-likeness (QED) is 0.694. The highest BCUT2D eigenvalue weighted by atomic mass is 32.2. The molecule has 2 heterocycles. The molecule has 1 saturated heterocycles. The van der Waals surface area contributed by atoms with Gasteiger partial charge in [-0.05, 0) is 55.3 Å². The number of anilines is 1. The number of nitrogens with one attached hydrogen (secondary N) is 1. The standard InChI is InChI=1S/C22H23N3O4S/c1-15-5-7-17(14-20(15)30(27,28)25-10-12-29-13-11-25)22(26)24-19-8-6-16(2)21-18(19)4-3-9-23-21/h3-9,14H,10-13H2,1-2H3,(H,24,26). The number of aromatic nitrogens is 1. The number of benzene rings is 2. The zero-order chi connectivity index (χ0) is 21.3. The van der Waals surface area contributed by atoms with Gasteiger partial charge in [0, 0.05) is 30.2 Å². The molecule has 2 aromatic carbocycles. The van der Waals surface area contributed by atoms with Gasteiger partial charge in [0.2, 0.25) is 10.0 Å². The van der Waals surface area contributed by atoms with Crippen molar-refractivity contribution in [2.75, 3.05) is 31.6 Å². The molecule has 3 aromatic rings. The van der Waals surface area contributed by atoms with Crippen molar-refractivity contribution in [2.24, 2.45) is 0 Å². The van der Waals surface area contributed by atoms with E-state index in [4.69, 9.17) is 4.74 Å². The minimum Gasteiger partial charge on any atom is -0.379 e. The largest absolute Gasteiger partial charge is 0.379 e. The number of aryl methyl sites for hydroxylation is 2. The summed E-state index contributed by atoms with van der Waals surface area (Å²) in [6.07, 6.45) is 1.71. The van der Waals surface area contributed by atoms with Crippen LogP contribution in [-0.2, 0) is 14.8 Å². The fourth-order valence-corrected chi connectivity index (χ4v) is 5.22. The Bertz CT molecular complexity index is 1220. The summed E-state index contributed by atoms with van der Waals surface area (Å²) in [7, 11) is -3.70. The lowest BCUT2D eigenvalue weighted by Crippen LogP contribution is -2.40. The van der Waals surface area contributed by atoms with Crippen molar-refractivity contribution in [3.63, 3.8) is 0 Å². The van der Waals surface area contributed by atoms with Crippen LogP contribution in [0.5, 0.6) is 0 Å². The van der Waals surface area contributed by atoms with E-state index in [1.807, 2.05) is 31.2 Å². The first-order valence-corrected chi connectivity index (χ1v) is 11.2. The molecule has 0 saturated carbocycles. The van der Waals surface area contributed by atoms with Crippen LogP contribution in [0, 0.1) is 13.8 Å². The lowest BCUT2D eigenvalue weighted by Gasteiger charge is -2.26. The van der Waals surface area contributed by atoms with Crippen LogP contribution >= 0.6 is 0 Å². The Labute approximate surface area is 175 Å². The summed E-state index contributed by atoms with van der Waals surface area (Å²) in [5, 5.41) is 3.73. The number of ether oxygens (including phenoxy) is 1. The highest BCUT2D eigenvalue weighted by Gasteiger charge is 2.28. The molecule has 1 amide bonds. The molecule has 0 spiro atoms. The van der Waals surface area contributed by atoms with Gasteiger partial charge >= 0.3 is 0 Å². The van der Waals surface area contributed by atoms with Crippen LogP contribution in [0.4, 0.5) is 5.69 Å². The summed E-state index contributed by atoms with van der Waals surface area (Å²) < 4.78 is 32.8. The molecule has 0 aliphatic carbocycles. The van der Waals surface area contributed by atoms with Crippen LogP contribution in [0.3, 0.4) is 0 Å². The van der Waals surface area contributed by atoms with Gasteiger partial charge in [-0.15, -0.1) is 0 Å². The number of rotatable bonds is 4. The Balaban J connectivity index is 1.66. The van der Waals surface area contributed by atoms with Crippen molar-refractivity contribution in [1.29, 1.82) is 0 Å². The van der Waals surface area contributed by atoms with Gasteiger partial charge in [0.1, 0.15) is 0 Å². The molecule has 1 N–H and O–H groups in total. The van der Waals surface area contributed by atoms with E-state index in [-0.39, 0.29) is 16.4 Å². The normalized spacial score (nSPS) is 15.3. The van der Waals surface area contributed by atoms with Gasteiger partial charge < -0.3 is 10.1 Å². The molecule has 0 radical (unpaired) electrons. The first kappa shape index (κ1) is 20.5. The van der Waals surface area contributed by atoms with E-state index in [1.54, 1.807) is 25.3 Å². The smallest absolute Gasteiger partial charge is 0.255 e. The predicted octanol–water partition coefficient (Wildman–Crippen LogP) is 3.12. The van der Waals surface area contributed by atoms with Crippen LogP contribution in [-0.4, -0.2) is 49.9 Å². The highest BCUT2D eigenvalue weighted by molar-refractivity contribution is 7.89. The maximum Gasteiger partial charge on any atom is 0.255 e. The zero-order valence-corrected chi connectivity index (χ0v) is 17.7. The molecular formula is C22H23N3O4S. The second-order valence-electron chi connectivity index (χ2n) is 7.28. The molecule has 1 aliphatic rings. The van der Waals surface area contributed by atoms with Crippen LogP contribution in [0.25, 0.3) is 10.9 Å². The van der Waals surface area contributed by atoms with Crippen molar-refractivity contribution >= 4 is 32.5 Å². The number of morpholine rings is 1. The van der Waals surface area contributed by atoms with Gasteiger partial charge in [-0.1, -0.05) is 12.1 Å². The van der Waals surface area contributed by atoms with Crippen molar-refractivity contribution < 1.29 is 17.9 Å². The van der Waals surface area contributed by atoms with Gasteiger partial charge in [-0.3, -0.25) is 9.78 Å². The third-order valence-corrected chi connectivity index (χ3v) is 7.30. The minimum absolute atomic E-state index is 0.146. The molecule has 156 valence electrons. The number of hydrogen-bond donors (Lipinski definition) is 1. The number of carbonyl (C=O) groups excluding carboxylic acids is 1. The molecule has 7 nitrogen and oxygen atoms in total. The molecule has 4 rings (SSSR count). The maximum absolute atomic E-state index is 13.1. The molecule has 1 fully saturated rings. The summed E-state index contributed by atoms with van der Waals surface area (Å²) in [4.78, 5) is 17.5. The second kappa shape index (κ2) is 8.14. The molecule has 8 heteroatoms. The summed E-state index contributed by atoms with van der Waals surface area (Å²) in [5.41, 5.74) is 3.34. The summed E-state index contributed by atoms with van der Waals surface area (Å²) >= 11 is 0. The number of sulfonamides is 1. The van der Waals surface area contributed by atoms with E-state index < -0.39 is 10.0 Å². The molecule has 1 aromatic heterocycles. The molecule has 0 atom stereocenters. The first-order valence-electron chi connectivity index (χ1n) is 9.72. The van der Waals surface area contributed by atoms with E-state index in [0.717, 1.165) is 16.5 Å². The maximum atomic E-state index is 13.1. The van der Waals surface area contributed by atoms with Crippen molar-refractivity contribution in [3.05, 3.63) is 65.4 Å². The predicted molar refractivity (Wildman–Crippen MR) is 115 cm³/mol. The number of fused-ring (bicyclic) bond motifs is 1. The number of carbonyl (C=O) groups is 1. The van der Waals surface area contributed by atoms with Crippen molar-refractivity contribution in [2.45, 2.75) is 18.7 Å². The lowest BCUT2D eigenvalue weighted by atomic mass is 10.1. The van der Waals surface area contributed by atoms with E-state index >= 15 is 0 Å². The van der Waals surface area contributed by atoms with Crippen LogP contribution in [0.2, 0.25) is 0 Å². The number of nitrogens with zero attached hydrogens (tertiary/aromatic N) is 2. The second-order valence-corrected chi connectivity index (χ2v) is 9.19. The average Bonchev–Trinajstić information content (AvgIpc) is 2.76. The molecular weight excluding hydrogens is 402 g/mol. The SMILES string of the molecule is Cc1ccc(C(=O)Nc2ccc(C)c3ncccc23)cc1S(=O)(=O)N1CCOCC1. The van der Waals surface area contributed by atoms with Crippen LogP contribution in [0.15, 0.2) is 53.6 Å². The fourth-order valence-electron chi connectivity index (χ4n) is 3.56. The number of hydrogen-bond acceptors (Lipinski definition) is 5. The van der Waals surface area contributed by atoms with Gasteiger partial charge in [0.15, 0.2) is 0 Å². The fraction of sp³-hybridized carbons (Fsp3) is 0.273. The Hall–Kier alpha value is -2.81. The summed E-state index contributed by atoms with van der Waals surface area (Å²) in [5.74, 6) is -0.373. The van der Waals surface area contributed by atoms with Crippen molar-refractivity contribution in [1.82, 2.24) is 9.29 Å². The Kier molecular flexibility index (Phi) is 5.55. The van der Waals surface area contributed by atoms with Gasteiger partial charge in [-0.25, -0.2) is 8.42 Å². The Morgan fingerprint density at radius 2 is 1.80 bits per heavy atom. The van der Waals surface area contributed by atoms with Crippen molar-refractivity contribution in [3.8, 4) is 0 Å². The third-order valence-electron chi connectivity index (χ3n) is 5.26. The molecule has 30 heavy (non-hydrogen) atoms. The number of pyridine rings is 1. The van der Waals surface area contributed by atoms with Gasteiger partial charge in [-0.2, -0.15) is 4.31 Å². The third kappa shape index (κ3) is 3.81. The average molecular weight is 426 g/mol. The lowest BCUT2D eigenvalue weighted by molar-refractivity contribution is 0.0730. The first-order chi connectivity index (χ1) is 14.4. The molecule has 0 bridgehead atoms. The van der Waals surface area contributed by atoms with Gasteiger partial charge in [0.05, 0.1) is 29.3 Å². The Morgan fingerprint density at radius 3 is 2.57 bits per heavy atom.